The average molecular weight is 263 g/mol. The van der Waals surface area contributed by atoms with Crippen molar-refractivity contribution < 1.29 is 9.32 Å². The molecule has 0 saturated heterocycles. The van der Waals surface area contributed by atoms with Crippen LogP contribution >= 0.6 is 0 Å². The Balaban J connectivity index is 2.09. The molecule has 2 aromatic heterocycles. The molecule has 7 nitrogen and oxygen atoms in total. The van der Waals surface area contributed by atoms with Crippen LogP contribution in [-0.2, 0) is 11.3 Å². The highest BCUT2D eigenvalue weighted by Crippen LogP contribution is 2.18. The normalized spacial score (nSPS) is 10.7. The fraction of sp³-hybridized carbons (Fsp3) is 0.417. The van der Waals surface area contributed by atoms with E-state index in [1.165, 1.54) is 0 Å². The van der Waals surface area contributed by atoms with E-state index >= 15 is 0 Å². The lowest BCUT2D eigenvalue weighted by atomic mass is 10.3. The smallest absolute Gasteiger partial charge is 0.248 e. The number of carbonyl (C=O) groups is 1. The highest BCUT2D eigenvalue weighted by Gasteiger charge is 2.15. The molecule has 2 rings (SSSR count). The standard InChI is InChI=1S/C12H17N5O2/c1-6-7(2)16-19-12(6)14-10(18)5-17-9(4)11(13)8(3)15-17/h5,13H2,1-4H3,(H,14,18). The summed E-state index contributed by atoms with van der Waals surface area (Å²) in [6.45, 7) is 7.37. The minimum absolute atomic E-state index is 0.0864. The van der Waals surface area contributed by atoms with Crippen LogP contribution in [0.3, 0.4) is 0 Å². The van der Waals surface area contributed by atoms with E-state index in [1.807, 2.05) is 20.8 Å². The molecule has 0 aliphatic carbocycles. The number of hydrogen-bond acceptors (Lipinski definition) is 5. The Morgan fingerprint density at radius 2 is 2.00 bits per heavy atom. The van der Waals surface area contributed by atoms with Crippen LogP contribution < -0.4 is 11.1 Å². The van der Waals surface area contributed by atoms with E-state index in [0.29, 0.717) is 11.6 Å². The number of aromatic nitrogens is 3. The molecular formula is C12H17N5O2. The van der Waals surface area contributed by atoms with Crippen molar-refractivity contribution in [1.82, 2.24) is 14.9 Å². The van der Waals surface area contributed by atoms with Gasteiger partial charge in [-0.15, -0.1) is 0 Å². The van der Waals surface area contributed by atoms with Crippen molar-refractivity contribution in [2.75, 3.05) is 11.1 Å². The molecule has 0 fully saturated rings. The van der Waals surface area contributed by atoms with E-state index in [0.717, 1.165) is 22.6 Å². The summed E-state index contributed by atoms with van der Waals surface area (Å²) in [4.78, 5) is 11.9. The highest BCUT2D eigenvalue weighted by molar-refractivity contribution is 5.89. The average Bonchev–Trinajstić information content (AvgIpc) is 2.78. The summed E-state index contributed by atoms with van der Waals surface area (Å²) in [6.07, 6.45) is 0. The zero-order valence-corrected chi connectivity index (χ0v) is 11.4. The predicted octanol–water partition coefficient (Wildman–Crippen LogP) is 1.33. The lowest BCUT2D eigenvalue weighted by Gasteiger charge is -2.04. The number of carbonyl (C=O) groups excluding carboxylic acids is 1. The molecule has 0 radical (unpaired) electrons. The van der Waals surface area contributed by atoms with Crippen LogP contribution in [0.2, 0.25) is 0 Å². The molecule has 1 amide bonds. The summed E-state index contributed by atoms with van der Waals surface area (Å²) in [5, 5.41) is 10.6. The van der Waals surface area contributed by atoms with Crippen LogP contribution in [0.5, 0.6) is 0 Å². The van der Waals surface area contributed by atoms with Crippen LogP contribution in [-0.4, -0.2) is 20.8 Å². The second-order valence-electron chi connectivity index (χ2n) is 4.51. The van der Waals surface area contributed by atoms with Gasteiger partial charge < -0.3 is 10.3 Å². The zero-order valence-electron chi connectivity index (χ0n) is 11.4. The van der Waals surface area contributed by atoms with Crippen molar-refractivity contribution in [3.8, 4) is 0 Å². The molecule has 2 heterocycles. The lowest BCUT2D eigenvalue weighted by molar-refractivity contribution is -0.117. The number of amides is 1. The van der Waals surface area contributed by atoms with Crippen molar-refractivity contribution in [1.29, 1.82) is 0 Å². The number of anilines is 2. The first kappa shape index (κ1) is 13.1. The van der Waals surface area contributed by atoms with Crippen molar-refractivity contribution in [2.45, 2.75) is 34.2 Å². The van der Waals surface area contributed by atoms with Crippen LogP contribution in [0, 0.1) is 27.7 Å². The predicted molar refractivity (Wildman–Crippen MR) is 70.7 cm³/mol. The molecule has 0 unspecified atom stereocenters. The molecule has 3 N–H and O–H groups in total. The third kappa shape index (κ3) is 2.44. The van der Waals surface area contributed by atoms with Crippen molar-refractivity contribution >= 4 is 17.5 Å². The maximum absolute atomic E-state index is 11.9. The van der Waals surface area contributed by atoms with Gasteiger partial charge >= 0.3 is 0 Å². The molecule has 0 saturated carbocycles. The number of hydrogen-bond donors (Lipinski definition) is 2. The minimum Gasteiger partial charge on any atom is -0.396 e. The molecule has 0 aliphatic rings. The van der Waals surface area contributed by atoms with Gasteiger partial charge in [0.05, 0.1) is 22.8 Å². The van der Waals surface area contributed by atoms with Gasteiger partial charge in [-0.2, -0.15) is 5.10 Å². The number of nitrogens with one attached hydrogen (secondary N) is 1. The summed E-state index contributed by atoms with van der Waals surface area (Å²) < 4.78 is 6.59. The van der Waals surface area contributed by atoms with E-state index in [1.54, 1.807) is 11.6 Å². The molecule has 102 valence electrons. The van der Waals surface area contributed by atoms with Gasteiger partial charge in [-0.25, -0.2) is 0 Å². The maximum atomic E-state index is 11.9. The molecule has 0 aromatic carbocycles. The Morgan fingerprint density at radius 3 is 2.47 bits per heavy atom. The molecule has 2 aromatic rings. The number of nitrogens with zero attached hydrogens (tertiary/aromatic N) is 3. The second-order valence-corrected chi connectivity index (χ2v) is 4.51. The number of nitrogens with two attached hydrogens (primary N) is 1. The summed E-state index contributed by atoms with van der Waals surface area (Å²) in [6, 6.07) is 0. The van der Waals surface area contributed by atoms with E-state index in [-0.39, 0.29) is 12.5 Å². The van der Waals surface area contributed by atoms with E-state index in [4.69, 9.17) is 10.3 Å². The van der Waals surface area contributed by atoms with Gasteiger partial charge in [0.15, 0.2) is 0 Å². The van der Waals surface area contributed by atoms with Gasteiger partial charge in [0.1, 0.15) is 6.54 Å². The SMILES string of the molecule is Cc1noc(NC(=O)Cn2nc(C)c(N)c2C)c1C. The van der Waals surface area contributed by atoms with Crippen molar-refractivity contribution in [3.05, 3.63) is 22.6 Å². The first-order valence-corrected chi connectivity index (χ1v) is 5.92. The molecule has 0 bridgehead atoms. The third-order valence-electron chi connectivity index (χ3n) is 3.14. The number of aryl methyl sites for hydroxylation is 2. The van der Waals surface area contributed by atoms with Gasteiger partial charge in [0.2, 0.25) is 11.8 Å². The first-order valence-electron chi connectivity index (χ1n) is 5.92. The Kier molecular flexibility index (Phi) is 3.28. The summed E-state index contributed by atoms with van der Waals surface area (Å²) in [5.74, 6) is 0.141. The van der Waals surface area contributed by atoms with Crippen LogP contribution in [0.25, 0.3) is 0 Å². The quantitative estimate of drug-likeness (QED) is 0.870. The molecule has 0 atom stereocenters. The van der Waals surface area contributed by atoms with Gasteiger partial charge in [-0.3, -0.25) is 14.8 Å². The van der Waals surface area contributed by atoms with Gasteiger partial charge in [-0.1, -0.05) is 5.16 Å². The van der Waals surface area contributed by atoms with Crippen molar-refractivity contribution in [3.63, 3.8) is 0 Å². The maximum Gasteiger partial charge on any atom is 0.248 e. The molecule has 19 heavy (non-hydrogen) atoms. The molecule has 7 heteroatoms. The van der Waals surface area contributed by atoms with E-state index in [2.05, 4.69) is 15.6 Å². The fourth-order valence-corrected chi connectivity index (χ4v) is 1.70. The van der Waals surface area contributed by atoms with E-state index in [9.17, 15) is 4.79 Å². The Morgan fingerprint density at radius 1 is 1.32 bits per heavy atom. The Hall–Kier alpha value is -2.31. The summed E-state index contributed by atoms with van der Waals surface area (Å²) in [7, 11) is 0. The van der Waals surface area contributed by atoms with Crippen LogP contribution in [0.1, 0.15) is 22.6 Å². The van der Waals surface area contributed by atoms with E-state index < -0.39 is 0 Å². The van der Waals surface area contributed by atoms with Crippen LogP contribution in [0.4, 0.5) is 11.6 Å². The van der Waals surface area contributed by atoms with Crippen LogP contribution in [0.15, 0.2) is 4.52 Å². The topological polar surface area (TPSA) is 99.0 Å². The Labute approximate surface area is 110 Å². The summed E-state index contributed by atoms with van der Waals surface area (Å²) in [5.41, 5.74) is 9.50. The second kappa shape index (κ2) is 4.75. The minimum atomic E-state index is -0.232. The number of rotatable bonds is 3. The van der Waals surface area contributed by atoms with Gasteiger partial charge in [0.25, 0.3) is 0 Å². The fourth-order valence-electron chi connectivity index (χ4n) is 1.70. The largest absolute Gasteiger partial charge is 0.396 e. The van der Waals surface area contributed by atoms with Gasteiger partial charge in [-0.05, 0) is 27.7 Å². The first-order chi connectivity index (χ1) is 8.90. The zero-order chi connectivity index (χ0) is 14.2. The summed E-state index contributed by atoms with van der Waals surface area (Å²) >= 11 is 0. The monoisotopic (exact) mass is 263 g/mol. The lowest BCUT2D eigenvalue weighted by Crippen LogP contribution is -2.20. The molecule has 0 spiro atoms. The van der Waals surface area contributed by atoms with Gasteiger partial charge in [0, 0.05) is 5.56 Å². The van der Waals surface area contributed by atoms with Crippen molar-refractivity contribution in [2.24, 2.45) is 0 Å². The third-order valence-corrected chi connectivity index (χ3v) is 3.14. The Bertz CT molecular complexity index is 626. The number of nitrogen functional groups attached to an aromatic ring is 1. The molecule has 0 aliphatic heterocycles. The molecular weight excluding hydrogens is 246 g/mol. The highest BCUT2D eigenvalue weighted by atomic mass is 16.5.